The van der Waals surface area contributed by atoms with Crippen LogP contribution in [0.1, 0.15) is 45.4 Å². The Bertz CT molecular complexity index is 459. The molecule has 27 heavy (non-hydrogen) atoms. The zero-order chi connectivity index (χ0) is 19.0. The molecular weight excluding hydrogens is 360 g/mol. The summed E-state index contributed by atoms with van der Waals surface area (Å²) in [6.07, 6.45) is 7.97. The van der Waals surface area contributed by atoms with Crippen LogP contribution in [0.4, 0.5) is 0 Å². The van der Waals surface area contributed by atoms with E-state index >= 15 is 0 Å². The highest BCUT2D eigenvalue weighted by molar-refractivity contribution is 7.99. The molecule has 0 aromatic carbocycles. The van der Waals surface area contributed by atoms with Gasteiger partial charge in [0, 0.05) is 56.4 Å². The minimum Gasteiger partial charge on any atom is -0.379 e. The molecule has 2 heterocycles. The number of ether oxygens (including phenoxy) is 2. The SMILES string of the molecule is CN=C(NCC1(N2CCSCC2)CCCCC1)NC(C)COC1CCOC1. The Balaban J connectivity index is 1.48. The van der Waals surface area contributed by atoms with Gasteiger partial charge in [-0.15, -0.1) is 0 Å². The van der Waals surface area contributed by atoms with E-state index in [9.17, 15) is 0 Å². The first-order chi connectivity index (χ1) is 13.2. The van der Waals surface area contributed by atoms with Crippen molar-refractivity contribution in [2.75, 3.05) is 58.0 Å². The zero-order valence-corrected chi connectivity index (χ0v) is 18.0. The van der Waals surface area contributed by atoms with Crippen LogP contribution in [0.15, 0.2) is 4.99 Å². The lowest BCUT2D eigenvalue weighted by atomic mass is 9.80. The van der Waals surface area contributed by atoms with E-state index in [1.165, 1.54) is 56.7 Å². The number of nitrogens with one attached hydrogen (secondary N) is 2. The smallest absolute Gasteiger partial charge is 0.191 e. The van der Waals surface area contributed by atoms with Crippen LogP contribution in [0, 0.1) is 0 Å². The number of thioether (sulfide) groups is 1. The Morgan fingerprint density at radius 1 is 1.30 bits per heavy atom. The third kappa shape index (κ3) is 6.24. The van der Waals surface area contributed by atoms with E-state index in [1.54, 1.807) is 0 Å². The maximum Gasteiger partial charge on any atom is 0.191 e. The van der Waals surface area contributed by atoms with Crippen molar-refractivity contribution in [3.05, 3.63) is 0 Å². The number of nitrogens with zero attached hydrogens (tertiary/aromatic N) is 2. The molecule has 6 nitrogen and oxygen atoms in total. The first-order valence-electron chi connectivity index (χ1n) is 10.7. The summed E-state index contributed by atoms with van der Waals surface area (Å²) in [4.78, 5) is 7.22. The van der Waals surface area contributed by atoms with Crippen LogP contribution in [-0.2, 0) is 9.47 Å². The minimum atomic E-state index is 0.227. The average molecular weight is 399 g/mol. The average Bonchev–Trinajstić information content (AvgIpc) is 3.24. The molecule has 0 radical (unpaired) electrons. The van der Waals surface area contributed by atoms with Crippen LogP contribution in [0.2, 0.25) is 0 Å². The van der Waals surface area contributed by atoms with Crippen LogP contribution in [-0.4, -0.2) is 86.6 Å². The summed E-state index contributed by atoms with van der Waals surface area (Å²) in [7, 11) is 1.86. The van der Waals surface area contributed by atoms with Crippen LogP contribution in [0.25, 0.3) is 0 Å². The summed E-state index contributed by atoms with van der Waals surface area (Å²) in [6, 6.07) is 0.227. The van der Waals surface area contributed by atoms with E-state index in [2.05, 4.69) is 39.2 Å². The molecule has 156 valence electrons. The van der Waals surface area contributed by atoms with Crippen molar-refractivity contribution < 1.29 is 9.47 Å². The third-order valence-corrected chi connectivity index (χ3v) is 7.07. The molecule has 0 amide bonds. The maximum absolute atomic E-state index is 5.94. The van der Waals surface area contributed by atoms with E-state index in [1.807, 2.05) is 7.05 Å². The van der Waals surface area contributed by atoms with Crippen LogP contribution in [0.3, 0.4) is 0 Å². The van der Waals surface area contributed by atoms with Gasteiger partial charge in [-0.3, -0.25) is 9.89 Å². The van der Waals surface area contributed by atoms with Gasteiger partial charge in [0.2, 0.25) is 0 Å². The zero-order valence-electron chi connectivity index (χ0n) is 17.2. The highest BCUT2D eigenvalue weighted by atomic mass is 32.2. The highest BCUT2D eigenvalue weighted by Gasteiger charge is 2.38. The molecule has 3 fully saturated rings. The summed E-state index contributed by atoms with van der Waals surface area (Å²) >= 11 is 2.09. The predicted molar refractivity (Wildman–Crippen MR) is 114 cm³/mol. The molecular formula is C20H38N4O2S. The molecule has 7 heteroatoms. The van der Waals surface area contributed by atoms with E-state index in [-0.39, 0.29) is 12.1 Å². The second-order valence-corrected chi connectivity index (χ2v) is 9.40. The van der Waals surface area contributed by atoms with Crippen molar-refractivity contribution in [1.82, 2.24) is 15.5 Å². The number of rotatable bonds is 7. The lowest BCUT2D eigenvalue weighted by Crippen LogP contribution is -2.60. The Kier molecular flexibility index (Phi) is 8.55. The van der Waals surface area contributed by atoms with Crippen molar-refractivity contribution in [3.8, 4) is 0 Å². The second-order valence-electron chi connectivity index (χ2n) is 8.17. The van der Waals surface area contributed by atoms with Gasteiger partial charge in [-0.1, -0.05) is 19.3 Å². The molecule has 2 aliphatic heterocycles. The third-order valence-electron chi connectivity index (χ3n) is 6.13. The molecule has 0 aromatic heterocycles. The van der Waals surface area contributed by atoms with E-state index < -0.39 is 0 Å². The molecule has 2 saturated heterocycles. The Hall–Kier alpha value is -0.500. The summed E-state index contributed by atoms with van der Waals surface area (Å²) in [5.74, 6) is 3.44. The van der Waals surface area contributed by atoms with Gasteiger partial charge in [0.1, 0.15) is 0 Å². The summed E-state index contributed by atoms with van der Waals surface area (Å²) in [5, 5.41) is 7.15. The molecule has 1 aliphatic carbocycles. The normalized spacial score (nSPS) is 28.1. The molecule has 3 rings (SSSR count). The molecule has 3 aliphatic rings. The molecule has 2 atom stereocenters. The van der Waals surface area contributed by atoms with Crippen molar-refractivity contribution in [3.63, 3.8) is 0 Å². The van der Waals surface area contributed by atoms with Gasteiger partial charge in [-0.25, -0.2) is 0 Å². The van der Waals surface area contributed by atoms with E-state index in [4.69, 9.17) is 9.47 Å². The number of hydrogen-bond acceptors (Lipinski definition) is 5. The number of hydrogen-bond donors (Lipinski definition) is 2. The monoisotopic (exact) mass is 398 g/mol. The number of guanidine groups is 1. The van der Waals surface area contributed by atoms with Gasteiger partial charge in [-0.2, -0.15) is 11.8 Å². The van der Waals surface area contributed by atoms with Gasteiger partial charge in [-0.05, 0) is 26.2 Å². The van der Waals surface area contributed by atoms with Gasteiger partial charge in [0.15, 0.2) is 5.96 Å². The summed E-state index contributed by atoms with van der Waals surface area (Å²) < 4.78 is 11.3. The summed E-state index contributed by atoms with van der Waals surface area (Å²) in [6.45, 7) is 7.84. The minimum absolute atomic E-state index is 0.227. The Morgan fingerprint density at radius 2 is 2.07 bits per heavy atom. The summed E-state index contributed by atoms with van der Waals surface area (Å²) in [5.41, 5.74) is 0.303. The van der Waals surface area contributed by atoms with Crippen LogP contribution >= 0.6 is 11.8 Å². The molecule has 0 aromatic rings. The van der Waals surface area contributed by atoms with Crippen molar-refractivity contribution in [1.29, 1.82) is 0 Å². The quantitative estimate of drug-likeness (QED) is 0.506. The fraction of sp³-hybridized carbons (Fsp3) is 0.950. The molecule has 1 saturated carbocycles. The van der Waals surface area contributed by atoms with Gasteiger partial charge >= 0.3 is 0 Å². The largest absolute Gasteiger partial charge is 0.379 e. The van der Waals surface area contributed by atoms with Crippen molar-refractivity contribution in [2.45, 2.75) is 63.1 Å². The highest BCUT2D eigenvalue weighted by Crippen LogP contribution is 2.34. The van der Waals surface area contributed by atoms with E-state index in [0.29, 0.717) is 12.1 Å². The Labute approximate surface area is 169 Å². The second kappa shape index (κ2) is 10.9. The standard InChI is InChI=1S/C20H38N4O2S/c1-17(14-26-18-6-11-25-15-18)23-19(21-2)22-16-20(7-4-3-5-8-20)24-9-12-27-13-10-24/h17-18H,3-16H2,1-2H3,(H2,21,22,23). The first kappa shape index (κ1) is 21.2. The van der Waals surface area contributed by atoms with Crippen LogP contribution < -0.4 is 10.6 Å². The molecule has 2 unspecified atom stereocenters. The van der Waals surface area contributed by atoms with E-state index in [0.717, 1.165) is 32.1 Å². The van der Waals surface area contributed by atoms with Crippen LogP contribution in [0.5, 0.6) is 0 Å². The molecule has 2 N–H and O–H groups in total. The maximum atomic E-state index is 5.94. The lowest BCUT2D eigenvalue weighted by molar-refractivity contribution is 0.0346. The van der Waals surface area contributed by atoms with Gasteiger partial charge in [0.05, 0.1) is 19.3 Å². The predicted octanol–water partition coefficient (Wildman–Crippen LogP) is 2.10. The lowest BCUT2D eigenvalue weighted by Gasteiger charge is -2.48. The fourth-order valence-electron chi connectivity index (χ4n) is 4.50. The topological polar surface area (TPSA) is 58.1 Å². The fourth-order valence-corrected chi connectivity index (χ4v) is 5.40. The molecule has 0 bridgehead atoms. The molecule has 0 spiro atoms. The van der Waals surface area contributed by atoms with Gasteiger partial charge in [0.25, 0.3) is 0 Å². The first-order valence-corrected chi connectivity index (χ1v) is 11.9. The van der Waals surface area contributed by atoms with Crippen molar-refractivity contribution >= 4 is 17.7 Å². The Morgan fingerprint density at radius 3 is 2.74 bits per heavy atom. The van der Waals surface area contributed by atoms with Gasteiger partial charge < -0.3 is 20.1 Å². The van der Waals surface area contributed by atoms with Crippen molar-refractivity contribution in [2.24, 2.45) is 4.99 Å². The number of aliphatic imine (C=N–C) groups is 1.